The summed E-state index contributed by atoms with van der Waals surface area (Å²) in [6, 6.07) is 8.46. The monoisotopic (exact) mass is 550 g/mol. The summed E-state index contributed by atoms with van der Waals surface area (Å²) in [7, 11) is 1.09. The first kappa shape index (κ1) is 33.5. The van der Waals surface area contributed by atoms with E-state index >= 15 is 0 Å². The number of hydrogen-bond donors (Lipinski definition) is 0. The summed E-state index contributed by atoms with van der Waals surface area (Å²) < 4.78 is 40.2. The molecular weight excluding hydrogens is 514 g/mol. The molecule has 0 aromatic heterocycles. The third-order valence-electron chi connectivity index (χ3n) is 4.79. The van der Waals surface area contributed by atoms with Gasteiger partial charge in [-0.05, 0) is 62.3 Å². The molecule has 8 nitrogen and oxygen atoms in total. The second-order valence-corrected chi connectivity index (χ2v) is 9.10. The first-order valence-corrected chi connectivity index (χ1v) is 13.3. The number of rotatable bonds is 16. The molecule has 2 aromatic carbocycles. The van der Waals surface area contributed by atoms with Crippen molar-refractivity contribution in [1.82, 2.24) is 0 Å². The van der Waals surface area contributed by atoms with Crippen molar-refractivity contribution in [2.24, 2.45) is 0 Å². The van der Waals surface area contributed by atoms with Gasteiger partial charge in [0.05, 0.1) is 23.0 Å². The summed E-state index contributed by atoms with van der Waals surface area (Å²) in [4.78, 5) is 13.5. The molecule has 0 amide bonds. The van der Waals surface area contributed by atoms with E-state index in [1.165, 1.54) is 7.11 Å². The summed E-state index contributed by atoms with van der Waals surface area (Å²) >= 11 is 6.38. The van der Waals surface area contributed by atoms with Gasteiger partial charge >= 0.3 is 18.9 Å². The van der Waals surface area contributed by atoms with Crippen LogP contribution in [0, 0.1) is 0 Å². The van der Waals surface area contributed by atoms with E-state index in [0.717, 1.165) is 0 Å². The molecule has 4 unspecified atom stereocenters. The predicted octanol–water partition coefficient (Wildman–Crippen LogP) is 2.89. The Labute approximate surface area is 240 Å². The zero-order chi connectivity index (χ0) is 26.7. The second-order valence-electron chi connectivity index (χ2n) is 7.49. The topological polar surface area (TPSA) is 81.7 Å². The Hall–Kier alpha value is -1.49. The summed E-state index contributed by atoms with van der Waals surface area (Å²) in [5.41, 5.74) is 0.0505. The number of halogens is 1. The first-order valence-electron chi connectivity index (χ1n) is 11.9. The third kappa shape index (κ3) is 10.3. The molecule has 0 radical (unpaired) electrons. The number of methoxy groups -OCH3 is 1. The molecule has 0 saturated heterocycles. The molecule has 202 valence electrons. The quantitative estimate of drug-likeness (QED) is 0.179. The van der Waals surface area contributed by atoms with Crippen LogP contribution in [0.2, 0.25) is 5.02 Å². The Morgan fingerprint density at radius 3 is 1.81 bits per heavy atom. The number of benzene rings is 2. The summed E-state index contributed by atoms with van der Waals surface area (Å²) in [6.07, 6.45) is -1.67. The van der Waals surface area contributed by atoms with Gasteiger partial charge in [0, 0.05) is 32.0 Å². The van der Waals surface area contributed by atoms with Crippen molar-refractivity contribution in [1.29, 1.82) is 0 Å². The van der Waals surface area contributed by atoms with Crippen molar-refractivity contribution in [3.8, 4) is 23.0 Å². The van der Waals surface area contributed by atoms with Crippen LogP contribution >= 0.6 is 20.2 Å². The van der Waals surface area contributed by atoms with Gasteiger partial charge in [-0.15, -0.1) is 0 Å². The molecule has 0 aliphatic carbocycles. The van der Waals surface area contributed by atoms with Gasteiger partial charge in [0.15, 0.2) is 24.4 Å². The van der Waals surface area contributed by atoms with E-state index in [1.54, 1.807) is 51.1 Å². The molecule has 0 saturated carbocycles. The van der Waals surface area contributed by atoms with E-state index in [0.29, 0.717) is 53.1 Å². The van der Waals surface area contributed by atoms with Gasteiger partial charge in [-0.2, -0.15) is 0 Å². The van der Waals surface area contributed by atoms with E-state index in [1.807, 2.05) is 20.8 Å². The largest absolute Gasteiger partial charge is 1.00 e. The van der Waals surface area contributed by atoms with Gasteiger partial charge in [-0.25, -0.2) is 0 Å². The number of carbonyl (C=O) groups excluding carboxylic acids is 1. The maximum absolute atomic E-state index is 13.5. The van der Waals surface area contributed by atoms with Gasteiger partial charge in [-0.3, -0.25) is 4.79 Å². The first-order chi connectivity index (χ1) is 17.2. The zero-order valence-electron chi connectivity index (χ0n) is 23.9. The van der Waals surface area contributed by atoms with Gasteiger partial charge in [-0.1, -0.05) is 17.7 Å². The molecule has 0 fully saturated rings. The SMILES string of the molecule is CCOC(C)Oc1cc(OC(C)OCC)c(PC(=O)c2c(Cl)cccc2OC)c(OC(C)OCC)c1.[H-].[Li+]. The smallest absolute Gasteiger partial charge is 1.00 e. The molecule has 0 bridgehead atoms. The maximum Gasteiger partial charge on any atom is 1.00 e. The van der Waals surface area contributed by atoms with Crippen LogP contribution < -0.4 is 43.1 Å². The average molecular weight is 551 g/mol. The molecule has 4 atom stereocenters. The second kappa shape index (κ2) is 17.2. The molecule has 0 aliphatic heterocycles. The maximum atomic E-state index is 13.5. The molecule has 0 aliphatic rings. The number of ether oxygens (including phenoxy) is 7. The summed E-state index contributed by atoms with van der Waals surface area (Å²) in [6.45, 7) is 12.4. The Balaban J connectivity index is 0.00000684. The number of carbonyl (C=O) groups is 1. The third-order valence-corrected chi connectivity index (χ3v) is 6.33. The molecule has 0 N–H and O–H groups in total. The molecule has 2 rings (SSSR count). The number of hydrogen-bond acceptors (Lipinski definition) is 8. The fraction of sp³-hybridized carbons (Fsp3) is 0.500. The van der Waals surface area contributed by atoms with Crippen LogP contribution in [0.25, 0.3) is 0 Å². The molecular formula is C26H37ClLiO8P. The van der Waals surface area contributed by atoms with Crippen molar-refractivity contribution >= 4 is 31.0 Å². The summed E-state index contributed by atoms with van der Waals surface area (Å²) in [5, 5.41) is 0.823. The van der Waals surface area contributed by atoms with Gasteiger partial charge in [0.1, 0.15) is 23.0 Å². The van der Waals surface area contributed by atoms with Crippen molar-refractivity contribution in [2.75, 3.05) is 26.9 Å². The predicted molar refractivity (Wildman–Crippen MR) is 143 cm³/mol. The van der Waals surface area contributed by atoms with Crippen LogP contribution in [-0.4, -0.2) is 51.3 Å². The van der Waals surface area contributed by atoms with Crippen molar-refractivity contribution in [3.63, 3.8) is 0 Å². The summed E-state index contributed by atoms with van der Waals surface area (Å²) in [5.74, 6) is 1.60. The standard InChI is InChI=1S/C26H36ClO8P.Li.H/c1-8-30-16(4)33-19-14-22(34-17(5)31-9-2)25(23(15-19)35-18(6)32-10-3)36-26(28)24-20(27)12-11-13-21(24)29-7;;/h11-18,36H,8-10H2,1-7H3;;/q;+1;-1. The van der Waals surface area contributed by atoms with Crippen molar-refractivity contribution in [3.05, 3.63) is 40.9 Å². The molecule has 37 heavy (non-hydrogen) atoms. The minimum atomic E-state index is -0.583. The van der Waals surface area contributed by atoms with Crippen LogP contribution in [0.3, 0.4) is 0 Å². The van der Waals surface area contributed by atoms with Crippen LogP contribution in [0.1, 0.15) is 53.3 Å². The molecule has 0 spiro atoms. The van der Waals surface area contributed by atoms with Crippen LogP contribution in [-0.2, 0) is 14.2 Å². The average Bonchev–Trinajstić information content (AvgIpc) is 2.81. The fourth-order valence-electron chi connectivity index (χ4n) is 3.37. The van der Waals surface area contributed by atoms with Gasteiger partial charge in [0.25, 0.3) is 0 Å². The Morgan fingerprint density at radius 2 is 1.35 bits per heavy atom. The minimum Gasteiger partial charge on any atom is -1.00 e. The molecule has 0 heterocycles. The zero-order valence-corrected chi connectivity index (χ0v) is 24.6. The molecule has 2 aromatic rings. The van der Waals surface area contributed by atoms with Gasteiger partial charge in [0.2, 0.25) is 0 Å². The van der Waals surface area contributed by atoms with E-state index in [9.17, 15) is 4.79 Å². The van der Waals surface area contributed by atoms with Crippen LogP contribution in [0.15, 0.2) is 30.3 Å². The van der Waals surface area contributed by atoms with E-state index in [-0.39, 0.29) is 31.4 Å². The Kier molecular flexibility index (Phi) is 15.6. The minimum absolute atomic E-state index is 0. The van der Waals surface area contributed by atoms with E-state index in [4.69, 9.17) is 44.8 Å². The fourth-order valence-corrected chi connectivity index (χ4v) is 4.82. The van der Waals surface area contributed by atoms with E-state index in [2.05, 4.69) is 0 Å². The van der Waals surface area contributed by atoms with Crippen LogP contribution in [0.5, 0.6) is 23.0 Å². The van der Waals surface area contributed by atoms with E-state index < -0.39 is 27.5 Å². The molecule has 11 heteroatoms. The van der Waals surface area contributed by atoms with Crippen molar-refractivity contribution in [2.45, 2.75) is 60.4 Å². The van der Waals surface area contributed by atoms with Gasteiger partial charge < -0.3 is 34.6 Å². The Bertz CT molecular complexity index is 965. The normalized spacial score (nSPS) is 13.5. The van der Waals surface area contributed by atoms with Crippen molar-refractivity contribution < 1.29 is 58.2 Å². The van der Waals surface area contributed by atoms with Crippen LogP contribution in [0.4, 0.5) is 0 Å². The Morgan fingerprint density at radius 1 is 0.865 bits per heavy atom.